The van der Waals surface area contributed by atoms with Gasteiger partial charge in [-0.15, -0.1) is 0 Å². The molecule has 0 aliphatic carbocycles. The number of imide groups is 1. The van der Waals surface area contributed by atoms with Crippen LogP contribution in [0.5, 0.6) is 0 Å². The van der Waals surface area contributed by atoms with Crippen molar-refractivity contribution in [3.63, 3.8) is 0 Å². The Morgan fingerprint density at radius 2 is 1.74 bits per heavy atom. The predicted molar refractivity (Wildman–Crippen MR) is 151 cm³/mol. The van der Waals surface area contributed by atoms with Crippen LogP contribution in [0.25, 0.3) is 10.2 Å². The number of anilines is 2. The van der Waals surface area contributed by atoms with Crippen LogP contribution in [0.3, 0.4) is 0 Å². The van der Waals surface area contributed by atoms with Gasteiger partial charge in [0.05, 0.1) is 25.7 Å². The van der Waals surface area contributed by atoms with E-state index in [4.69, 9.17) is 16.3 Å². The highest BCUT2D eigenvalue weighted by atomic mass is 35.5. The summed E-state index contributed by atoms with van der Waals surface area (Å²) < 4.78 is 29.6. The zero-order valence-corrected chi connectivity index (χ0v) is 24.2. The first-order valence-electron chi connectivity index (χ1n) is 11.9. The van der Waals surface area contributed by atoms with Gasteiger partial charge in [0, 0.05) is 38.1 Å². The van der Waals surface area contributed by atoms with E-state index < -0.39 is 27.4 Å². The summed E-state index contributed by atoms with van der Waals surface area (Å²) in [5.74, 6) is -0.702. The number of hydrogen-bond donors (Lipinski definition) is 2. The molecule has 0 unspecified atom stereocenters. The number of halogens is 1. The van der Waals surface area contributed by atoms with E-state index in [2.05, 4.69) is 15.6 Å². The number of nitrogens with zero attached hydrogens (tertiary/aromatic N) is 3. The summed E-state index contributed by atoms with van der Waals surface area (Å²) in [6.45, 7) is 7.42. The molecule has 2 heterocycles. The van der Waals surface area contributed by atoms with Crippen LogP contribution in [0, 0.1) is 0 Å². The van der Waals surface area contributed by atoms with E-state index in [1.165, 1.54) is 12.1 Å². The standard InChI is InChI=1S/C25H28ClN5O6S2/c1-25(2,3)37-24(34)31-11-9-30(10-12-31)15-5-7-18(26)17(13-15)21(32)28-22(33)29-23-27-19-8-6-16(39(4,35)36)14-20(19)38-23/h5-8,13-14H,9-12H2,1-4H3,(H2,27,28,29,32,33). The van der Waals surface area contributed by atoms with Crippen molar-refractivity contribution in [1.82, 2.24) is 15.2 Å². The topological polar surface area (TPSA) is 138 Å². The normalized spacial score (nSPS) is 14.3. The molecule has 2 N–H and O–H groups in total. The minimum atomic E-state index is -3.39. The van der Waals surface area contributed by atoms with E-state index in [-0.39, 0.29) is 26.7 Å². The highest BCUT2D eigenvalue weighted by Gasteiger charge is 2.26. The lowest BCUT2D eigenvalue weighted by atomic mass is 10.1. The Morgan fingerprint density at radius 3 is 2.38 bits per heavy atom. The van der Waals surface area contributed by atoms with Crippen LogP contribution in [0.15, 0.2) is 41.3 Å². The number of aromatic nitrogens is 1. The van der Waals surface area contributed by atoms with E-state index in [1.54, 1.807) is 29.2 Å². The summed E-state index contributed by atoms with van der Waals surface area (Å²) in [6, 6.07) is 8.61. The number of piperazine rings is 1. The molecule has 14 heteroatoms. The van der Waals surface area contributed by atoms with Gasteiger partial charge in [-0.05, 0) is 57.2 Å². The van der Waals surface area contributed by atoms with Crippen molar-refractivity contribution in [3.05, 3.63) is 47.0 Å². The minimum Gasteiger partial charge on any atom is -0.444 e. The monoisotopic (exact) mass is 593 g/mol. The average Bonchev–Trinajstić information content (AvgIpc) is 3.24. The van der Waals surface area contributed by atoms with Crippen molar-refractivity contribution in [3.8, 4) is 0 Å². The summed E-state index contributed by atoms with van der Waals surface area (Å²) in [5, 5.41) is 5.12. The van der Waals surface area contributed by atoms with E-state index in [1.807, 2.05) is 25.7 Å². The summed E-state index contributed by atoms with van der Waals surface area (Å²) in [4.78, 5) is 45.8. The number of amides is 4. The second-order valence-electron chi connectivity index (χ2n) is 9.95. The first-order valence-corrected chi connectivity index (χ1v) is 15.0. The van der Waals surface area contributed by atoms with Crippen LogP contribution in [0.4, 0.5) is 20.4 Å². The van der Waals surface area contributed by atoms with E-state index in [0.29, 0.717) is 36.4 Å². The molecular formula is C25H28ClN5O6S2. The van der Waals surface area contributed by atoms with Crippen molar-refractivity contribution in [2.75, 3.05) is 42.7 Å². The molecule has 0 atom stereocenters. The van der Waals surface area contributed by atoms with Crippen LogP contribution in [0.1, 0.15) is 31.1 Å². The molecule has 1 aliphatic heterocycles. The summed E-state index contributed by atoms with van der Waals surface area (Å²) in [6.07, 6.45) is 0.741. The first-order chi connectivity index (χ1) is 18.2. The number of urea groups is 1. The molecule has 39 heavy (non-hydrogen) atoms. The summed E-state index contributed by atoms with van der Waals surface area (Å²) in [7, 11) is -3.39. The second kappa shape index (κ2) is 11.0. The van der Waals surface area contributed by atoms with E-state index in [9.17, 15) is 22.8 Å². The van der Waals surface area contributed by atoms with Crippen LogP contribution >= 0.6 is 22.9 Å². The number of sulfone groups is 1. The van der Waals surface area contributed by atoms with Crippen molar-refractivity contribution in [2.45, 2.75) is 31.3 Å². The molecule has 0 spiro atoms. The second-order valence-corrected chi connectivity index (χ2v) is 13.4. The molecule has 1 aromatic heterocycles. The third-order valence-corrected chi connectivity index (χ3v) is 8.10. The lowest BCUT2D eigenvalue weighted by molar-refractivity contribution is 0.0240. The number of hydrogen-bond acceptors (Lipinski definition) is 9. The van der Waals surface area contributed by atoms with Gasteiger partial charge in [0.25, 0.3) is 5.91 Å². The van der Waals surface area contributed by atoms with Gasteiger partial charge in [0.2, 0.25) is 0 Å². The number of carbonyl (C=O) groups excluding carboxylic acids is 3. The number of benzene rings is 2. The van der Waals surface area contributed by atoms with Crippen LogP contribution < -0.4 is 15.5 Å². The molecule has 4 rings (SSSR count). The molecule has 11 nitrogen and oxygen atoms in total. The third kappa shape index (κ3) is 7.16. The van der Waals surface area contributed by atoms with Crippen molar-refractivity contribution in [2.24, 2.45) is 0 Å². The summed E-state index contributed by atoms with van der Waals surface area (Å²) >= 11 is 7.34. The third-order valence-electron chi connectivity index (χ3n) is 5.73. The Hall–Kier alpha value is -3.42. The van der Waals surface area contributed by atoms with Gasteiger partial charge < -0.3 is 14.5 Å². The summed E-state index contributed by atoms with van der Waals surface area (Å²) in [5.41, 5.74) is 0.771. The Labute approximate surface area is 235 Å². The van der Waals surface area contributed by atoms with Crippen LogP contribution in [-0.4, -0.2) is 74.4 Å². The molecule has 2 aromatic carbocycles. The van der Waals surface area contributed by atoms with Gasteiger partial charge in [0.15, 0.2) is 15.0 Å². The smallest absolute Gasteiger partial charge is 0.410 e. The maximum Gasteiger partial charge on any atom is 0.410 e. The molecule has 1 fully saturated rings. The van der Waals surface area contributed by atoms with Crippen molar-refractivity contribution in [1.29, 1.82) is 0 Å². The number of carbonyl (C=O) groups is 3. The molecule has 4 amide bonds. The minimum absolute atomic E-state index is 0.112. The number of rotatable bonds is 4. The Kier molecular flexibility index (Phi) is 8.05. The largest absolute Gasteiger partial charge is 0.444 e. The fourth-order valence-corrected chi connectivity index (χ4v) is 5.67. The molecule has 1 aliphatic rings. The molecule has 208 valence electrons. The van der Waals surface area contributed by atoms with Gasteiger partial charge in [-0.3, -0.25) is 15.4 Å². The van der Waals surface area contributed by atoms with Gasteiger partial charge in [0.1, 0.15) is 5.60 Å². The Bertz CT molecular complexity index is 1540. The molecule has 3 aromatic rings. The van der Waals surface area contributed by atoms with E-state index >= 15 is 0 Å². The van der Waals surface area contributed by atoms with E-state index in [0.717, 1.165) is 23.3 Å². The molecular weight excluding hydrogens is 566 g/mol. The fraction of sp³-hybridized carbons (Fsp3) is 0.360. The zero-order chi connectivity index (χ0) is 28.5. The quantitative estimate of drug-likeness (QED) is 0.455. The number of thiazole rings is 1. The average molecular weight is 594 g/mol. The molecule has 0 bridgehead atoms. The van der Waals surface area contributed by atoms with Crippen molar-refractivity contribution >= 4 is 71.8 Å². The molecule has 0 saturated carbocycles. The highest BCUT2D eigenvalue weighted by molar-refractivity contribution is 7.90. The van der Waals surface area contributed by atoms with Gasteiger partial charge in [-0.1, -0.05) is 22.9 Å². The van der Waals surface area contributed by atoms with Crippen LogP contribution in [-0.2, 0) is 14.6 Å². The van der Waals surface area contributed by atoms with Crippen molar-refractivity contribution < 1.29 is 27.5 Å². The maximum absolute atomic E-state index is 12.9. The first kappa shape index (κ1) is 28.6. The number of fused-ring (bicyclic) bond motifs is 1. The SMILES string of the molecule is CC(C)(C)OC(=O)N1CCN(c2ccc(Cl)c(C(=O)NC(=O)Nc3nc4ccc(S(C)(=O)=O)cc4s3)c2)CC1. The van der Waals surface area contributed by atoms with Crippen LogP contribution in [0.2, 0.25) is 5.02 Å². The number of ether oxygens (including phenoxy) is 1. The van der Waals surface area contributed by atoms with Gasteiger partial charge in [-0.2, -0.15) is 0 Å². The lowest BCUT2D eigenvalue weighted by Crippen LogP contribution is -2.50. The molecule has 0 radical (unpaired) electrons. The zero-order valence-electron chi connectivity index (χ0n) is 21.8. The number of nitrogens with one attached hydrogen (secondary N) is 2. The van der Waals surface area contributed by atoms with Gasteiger partial charge in [-0.25, -0.2) is 23.0 Å². The van der Waals surface area contributed by atoms with Gasteiger partial charge >= 0.3 is 12.1 Å². The lowest BCUT2D eigenvalue weighted by Gasteiger charge is -2.36. The fourth-order valence-electron chi connectivity index (χ4n) is 3.85. The maximum atomic E-state index is 12.9. The highest BCUT2D eigenvalue weighted by Crippen LogP contribution is 2.28. The Balaban J connectivity index is 1.39. The Morgan fingerprint density at radius 1 is 1.05 bits per heavy atom. The molecule has 1 saturated heterocycles. The predicted octanol–water partition coefficient (Wildman–Crippen LogP) is 4.37.